The third kappa shape index (κ3) is 4.82. The normalized spacial score (nSPS) is 20.8. The molecule has 0 amide bonds. The number of pyridine rings is 1. The van der Waals surface area contributed by atoms with Crippen LogP contribution in [0, 0.1) is 5.82 Å². The Morgan fingerprint density at radius 3 is 2.82 bits per heavy atom. The molecular weight excluding hydrogens is 429 g/mol. The molecule has 1 saturated heterocycles. The highest BCUT2D eigenvalue weighted by molar-refractivity contribution is 5.74. The zero-order chi connectivity index (χ0) is 22.8. The van der Waals surface area contributed by atoms with E-state index in [4.69, 9.17) is 9.47 Å². The van der Waals surface area contributed by atoms with E-state index in [1.54, 1.807) is 12.3 Å². The number of halogens is 1. The van der Waals surface area contributed by atoms with Gasteiger partial charge in [0.1, 0.15) is 19.0 Å². The smallest absolute Gasteiger partial charge is 0.269 e. The molecule has 10 heteroatoms. The Morgan fingerprint density at radius 2 is 1.97 bits per heavy atom. The number of fused-ring (bicyclic) bond motifs is 2. The van der Waals surface area contributed by atoms with Gasteiger partial charge in [0.25, 0.3) is 5.56 Å². The van der Waals surface area contributed by atoms with Crippen LogP contribution in [-0.4, -0.2) is 69.5 Å². The van der Waals surface area contributed by atoms with Crippen LogP contribution in [-0.2, 0) is 13.1 Å². The predicted octanol–water partition coefficient (Wildman–Crippen LogP) is 0.927. The summed E-state index contributed by atoms with van der Waals surface area (Å²) in [5.74, 6) is 0.947. The molecule has 33 heavy (non-hydrogen) atoms. The number of hydrogen-bond acceptors (Lipinski definition) is 8. The number of likely N-dealkylation sites (tertiary alicyclic amines) is 1. The van der Waals surface area contributed by atoms with Crippen LogP contribution in [0.15, 0.2) is 41.5 Å². The van der Waals surface area contributed by atoms with E-state index in [0.29, 0.717) is 61.9 Å². The Labute approximate surface area is 189 Å². The van der Waals surface area contributed by atoms with Gasteiger partial charge in [0.15, 0.2) is 11.5 Å². The number of nitrogens with one attached hydrogen (secondary N) is 1. The first-order valence-corrected chi connectivity index (χ1v) is 11.1. The summed E-state index contributed by atoms with van der Waals surface area (Å²) in [6, 6.07) is 6.04. The lowest BCUT2D eigenvalue weighted by Gasteiger charge is -2.36. The van der Waals surface area contributed by atoms with Crippen LogP contribution in [0.5, 0.6) is 11.5 Å². The van der Waals surface area contributed by atoms with Gasteiger partial charge in [0.2, 0.25) is 0 Å². The lowest BCUT2D eigenvalue weighted by Crippen LogP contribution is -2.53. The summed E-state index contributed by atoms with van der Waals surface area (Å²) in [6.45, 7) is 3.80. The van der Waals surface area contributed by atoms with E-state index in [0.717, 1.165) is 18.7 Å². The van der Waals surface area contributed by atoms with E-state index in [1.165, 1.54) is 22.9 Å². The van der Waals surface area contributed by atoms with Gasteiger partial charge in [0, 0.05) is 38.3 Å². The lowest BCUT2D eigenvalue weighted by molar-refractivity contribution is 0.0384. The third-order valence-electron chi connectivity index (χ3n) is 6.15. The summed E-state index contributed by atoms with van der Waals surface area (Å²) < 4.78 is 26.3. The van der Waals surface area contributed by atoms with Gasteiger partial charge in [-0.1, -0.05) is 0 Å². The first-order chi connectivity index (χ1) is 16.1. The van der Waals surface area contributed by atoms with E-state index in [-0.39, 0.29) is 11.6 Å². The average Bonchev–Trinajstić information content (AvgIpc) is 2.82. The number of piperidine rings is 1. The molecule has 2 aliphatic heterocycles. The maximum Gasteiger partial charge on any atom is 0.269 e. The van der Waals surface area contributed by atoms with Crippen molar-refractivity contribution in [3.05, 3.63) is 58.5 Å². The molecule has 0 spiro atoms. The summed E-state index contributed by atoms with van der Waals surface area (Å²) >= 11 is 0. The van der Waals surface area contributed by atoms with Crippen LogP contribution >= 0.6 is 0 Å². The number of hydrogen-bond donors (Lipinski definition) is 2. The lowest BCUT2D eigenvalue weighted by atomic mass is 10.0. The second-order valence-electron chi connectivity index (χ2n) is 8.34. The summed E-state index contributed by atoms with van der Waals surface area (Å²) in [7, 11) is 0. The standard InChI is InChI=1S/C23H26FN5O4/c24-15-1-2-17-19(9-15)29(23(31)13-27-17)6-5-28-4-3-18(20(30)14-28)26-11-16-10-21-22(12-25-16)33-8-7-32-21/h1-2,9-10,12-13,18,20,26,30H,3-8,11,14H2/t18-,20+/m1/s1. The summed E-state index contributed by atoms with van der Waals surface area (Å²) in [5, 5.41) is 14.1. The first kappa shape index (κ1) is 21.7. The van der Waals surface area contributed by atoms with Gasteiger partial charge < -0.3 is 24.5 Å². The van der Waals surface area contributed by atoms with Crippen molar-refractivity contribution in [2.75, 3.05) is 32.8 Å². The molecule has 2 atom stereocenters. The molecule has 4 heterocycles. The van der Waals surface area contributed by atoms with Gasteiger partial charge in [0.05, 0.1) is 35.2 Å². The number of benzene rings is 1. The van der Waals surface area contributed by atoms with Crippen molar-refractivity contribution < 1.29 is 19.0 Å². The fourth-order valence-corrected chi connectivity index (χ4v) is 4.37. The van der Waals surface area contributed by atoms with E-state index in [9.17, 15) is 14.3 Å². The molecule has 0 bridgehead atoms. The van der Waals surface area contributed by atoms with E-state index in [1.807, 2.05) is 6.07 Å². The molecule has 0 aliphatic carbocycles. The highest BCUT2D eigenvalue weighted by Crippen LogP contribution is 2.29. The highest BCUT2D eigenvalue weighted by atomic mass is 19.1. The van der Waals surface area contributed by atoms with Gasteiger partial charge in [-0.05, 0) is 31.2 Å². The van der Waals surface area contributed by atoms with Crippen LogP contribution in [0.2, 0.25) is 0 Å². The van der Waals surface area contributed by atoms with Gasteiger partial charge in [-0.2, -0.15) is 0 Å². The fraction of sp³-hybridized carbons (Fsp3) is 0.435. The second-order valence-corrected chi connectivity index (χ2v) is 8.34. The number of nitrogens with zero attached hydrogens (tertiary/aromatic N) is 4. The molecule has 9 nitrogen and oxygen atoms in total. The molecule has 2 aromatic heterocycles. The molecule has 2 aliphatic rings. The number of aromatic nitrogens is 3. The van der Waals surface area contributed by atoms with Gasteiger partial charge in [-0.25, -0.2) is 9.37 Å². The van der Waals surface area contributed by atoms with Crippen molar-refractivity contribution in [2.45, 2.75) is 31.7 Å². The van der Waals surface area contributed by atoms with Crippen LogP contribution < -0.4 is 20.3 Å². The van der Waals surface area contributed by atoms with E-state index < -0.39 is 11.9 Å². The second kappa shape index (κ2) is 9.42. The van der Waals surface area contributed by atoms with Crippen molar-refractivity contribution in [1.82, 2.24) is 24.8 Å². The van der Waals surface area contributed by atoms with Crippen molar-refractivity contribution in [3.8, 4) is 11.5 Å². The monoisotopic (exact) mass is 455 g/mol. The molecule has 174 valence electrons. The SMILES string of the molecule is O=c1cnc2ccc(F)cc2n1CCN1CC[C@@H](NCc2cc3c(cn2)OCCO3)[C@@H](O)C1. The highest BCUT2D eigenvalue weighted by Gasteiger charge is 2.27. The molecule has 5 rings (SSSR count). The first-order valence-electron chi connectivity index (χ1n) is 11.1. The average molecular weight is 455 g/mol. The van der Waals surface area contributed by atoms with Crippen LogP contribution in [0.3, 0.4) is 0 Å². The minimum atomic E-state index is -0.556. The van der Waals surface area contributed by atoms with Crippen LogP contribution in [0.25, 0.3) is 11.0 Å². The largest absolute Gasteiger partial charge is 0.486 e. The molecule has 1 aromatic carbocycles. The number of aliphatic hydroxyl groups is 1. The van der Waals surface area contributed by atoms with Crippen molar-refractivity contribution in [3.63, 3.8) is 0 Å². The Bertz CT molecular complexity index is 1200. The van der Waals surface area contributed by atoms with Crippen molar-refractivity contribution >= 4 is 11.0 Å². The number of rotatable bonds is 6. The Balaban J connectivity index is 1.16. The number of ether oxygens (including phenoxy) is 2. The minimum absolute atomic E-state index is 0.0603. The predicted molar refractivity (Wildman–Crippen MR) is 119 cm³/mol. The van der Waals surface area contributed by atoms with E-state index in [2.05, 4.69) is 20.2 Å². The summed E-state index contributed by atoms with van der Waals surface area (Å²) in [5.41, 5.74) is 1.61. The minimum Gasteiger partial charge on any atom is -0.486 e. The Hall–Kier alpha value is -3.08. The maximum atomic E-state index is 13.7. The molecule has 0 radical (unpaired) electrons. The van der Waals surface area contributed by atoms with E-state index >= 15 is 0 Å². The number of β-amino-alcohol motifs (C(OH)–C–C–N with tert-alkyl or cyclic N) is 1. The Morgan fingerprint density at radius 1 is 1.12 bits per heavy atom. The van der Waals surface area contributed by atoms with Gasteiger partial charge in [-0.15, -0.1) is 0 Å². The molecule has 3 aromatic rings. The topological polar surface area (TPSA) is 102 Å². The maximum absolute atomic E-state index is 13.7. The fourth-order valence-electron chi connectivity index (χ4n) is 4.37. The third-order valence-corrected chi connectivity index (χ3v) is 6.15. The van der Waals surface area contributed by atoms with Crippen LogP contribution in [0.1, 0.15) is 12.1 Å². The molecule has 0 unspecified atom stereocenters. The summed E-state index contributed by atoms with van der Waals surface area (Å²) in [4.78, 5) is 22.9. The van der Waals surface area contributed by atoms with Crippen molar-refractivity contribution in [1.29, 1.82) is 0 Å². The van der Waals surface area contributed by atoms with Gasteiger partial charge in [-0.3, -0.25) is 14.7 Å². The van der Waals surface area contributed by atoms with Crippen LogP contribution in [0.4, 0.5) is 4.39 Å². The van der Waals surface area contributed by atoms with Gasteiger partial charge >= 0.3 is 0 Å². The van der Waals surface area contributed by atoms with Crippen molar-refractivity contribution in [2.24, 2.45) is 0 Å². The molecular formula is C23H26FN5O4. The zero-order valence-corrected chi connectivity index (χ0v) is 18.1. The summed E-state index contributed by atoms with van der Waals surface area (Å²) in [6.07, 6.45) is 3.13. The zero-order valence-electron chi connectivity index (χ0n) is 18.1. The molecule has 0 saturated carbocycles. The molecule has 2 N–H and O–H groups in total. The quantitative estimate of drug-likeness (QED) is 0.566. The Kier molecular flexibility index (Phi) is 6.21. The number of aliphatic hydroxyl groups excluding tert-OH is 1. The molecule has 1 fully saturated rings.